The number of aromatic nitrogens is 1. The summed E-state index contributed by atoms with van der Waals surface area (Å²) in [7, 11) is 2.11. The molecule has 3 nitrogen and oxygen atoms in total. The molecular formula is C16H27N3. The van der Waals surface area contributed by atoms with Crippen LogP contribution in [0.4, 0.5) is 5.69 Å². The summed E-state index contributed by atoms with van der Waals surface area (Å²) in [6.45, 7) is 10.1. The van der Waals surface area contributed by atoms with Gasteiger partial charge >= 0.3 is 0 Å². The molecule has 0 saturated carbocycles. The van der Waals surface area contributed by atoms with Crippen LogP contribution < -0.4 is 10.2 Å². The summed E-state index contributed by atoms with van der Waals surface area (Å²) in [6.07, 6.45) is 7.21. The number of nitrogens with one attached hydrogen (secondary N) is 1. The molecule has 19 heavy (non-hydrogen) atoms. The van der Waals surface area contributed by atoms with E-state index in [1.807, 2.05) is 12.3 Å². The van der Waals surface area contributed by atoms with Crippen molar-refractivity contribution in [2.45, 2.75) is 39.2 Å². The van der Waals surface area contributed by atoms with Gasteiger partial charge in [-0.2, -0.15) is 0 Å². The van der Waals surface area contributed by atoms with Gasteiger partial charge in [-0.05, 0) is 37.9 Å². The number of allylic oxidation sites excluding steroid dienone is 1. The minimum absolute atomic E-state index is 0.366. The summed E-state index contributed by atoms with van der Waals surface area (Å²) in [5.74, 6) is 0. The van der Waals surface area contributed by atoms with Crippen LogP contribution in [0.2, 0.25) is 0 Å². The van der Waals surface area contributed by atoms with E-state index >= 15 is 0 Å². The van der Waals surface area contributed by atoms with Crippen molar-refractivity contribution in [3.05, 3.63) is 36.7 Å². The fourth-order valence-corrected chi connectivity index (χ4v) is 2.14. The largest absolute Gasteiger partial charge is 0.373 e. The summed E-state index contributed by atoms with van der Waals surface area (Å²) in [5.41, 5.74) is 2.31. The van der Waals surface area contributed by atoms with Crippen molar-refractivity contribution in [1.29, 1.82) is 0 Å². The SMILES string of the molecule is C=CCCCN(C)c1ccc(C(CC)NCC)nc1. The van der Waals surface area contributed by atoms with Crippen molar-refractivity contribution < 1.29 is 0 Å². The molecule has 0 aliphatic rings. The van der Waals surface area contributed by atoms with Gasteiger partial charge in [-0.3, -0.25) is 4.98 Å². The highest BCUT2D eigenvalue weighted by atomic mass is 15.1. The lowest BCUT2D eigenvalue weighted by Crippen LogP contribution is -2.22. The first kappa shape index (κ1) is 15.7. The topological polar surface area (TPSA) is 28.2 Å². The van der Waals surface area contributed by atoms with Crippen LogP contribution >= 0.6 is 0 Å². The van der Waals surface area contributed by atoms with E-state index in [0.29, 0.717) is 6.04 Å². The van der Waals surface area contributed by atoms with Crippen LogP contribution in [0, 0.1) is 0 Å². The van der Waals surface area contributed by atoms with Crippen LogP contribution in [0.5, 0.6) is 0 Å². The lowest BCUT2D eigenvalue weighted by atomic mass is 10.1. The molecule has 0 amide bonds. The van der Waals surface area contributed by atoms with Crippen molar-refractivity contribution in [3.63, 3.8) is 0 Å². The summed E-state index contributed by atoms with van der Waals surface area (Å²) < 4.78 is 0. The maximum absolute atomic E-state index is 4.59. The molecule has 0 spiro atoms. The lowest BCUT2D eigenvalue weighted by molar-refractivity contribution is 0.525. The van der Waals surface area contributed by atoms with E-state index in [-0.39, 0.29) is 0 Å². The number of hydrogen-bond acceptors (Lipinski definition) is 3. The lowest BCUT2D eigenvalue weighted by Gasteiger charge is -2.20. The number of anilines is 1. The molecule has 1 atom stereocenters. The number of hydrogen-bond donors (Lipinski definition) is 1. The predicted octanol–water partition coefficient (Wildman–Crippen LogP) is 3.54. The van der Waals surface area contributed by atoms with Gasteiger partial charge in [0.25, 0.3) is 0 Å². The number of nitrogens with zero attached hydrogens (tertiary/aromatic N) is 2. The average Bonchev–Trinajstić information content (AvgIpc) is 2.45. The minimum atomic E-state index is 0.366. The number of unbranched alkanes of at least 4 members (excludes halogenated alkanes) is 1. The molecule has 0 bridgehead atoms. The van der Waals surface area contributed by atoms with Crippen molar-refractivity contribution in [1.82, 2.24) is 10.3 Å². The fourth-order valence-electron chi connectivity index (χ4n) is 2.14. The Balaban J connectivity index is 2.61. The van der Waals surface area contributed by atoms with Gasteiger partial charge in [-0.1, -0.05) is 19.9 Å². The summed E-state index contributed by atoms with van der Waals surface area (Å²) in [5, 5.41) is 3.45. The molecule has 1 aromatic heterocycles. The summed E-state index contributed by atoms with van der Waals surface area (Å²) >= 11 is 0. The summed E-state index contributed by atoms with van der Waals surface area (Å²) in [4.78, 5) is 6.84. The van der Waals surface area contributed by atoms with Gasteiger partial charge in [0.05, 0.1) is 17.6 Å². The van der Waals surface area contributed by atoms with Gasteiger partial charge in [-0.15, -0.1) is 6.58 Å². The quantitative estimate of drug-likeness (QED) is 0.544. The predicted molar refractivity (Wildman–Crippen MR) is 83.6 cm³/mol. The van der Waals surface area contributed by atoms with Gasteiger partial charge in [0.15, 0.2) is 0 Å². The Morgan fingerprint density at radius 3 is 2.74 bits per heavy atom. The van der Waals surface area contributed by atoms with E-state index < -0.39 is 0 Å². The monoisotopic (exact) mass is 261 g/mol. The van der Waals surface area contributed by atoms with Crippen molar-refractivity contribution >= 4 is 5.69 Å². The van der Waals surface area contributed by atoms with E-state index in [2.05, 4.69) is 54.8 Å². The molecule has 0 saturated heterocycles. The summed E-state index contributed by atoms with van der Waals surface area (Å²) in [6, 6.07) is 4.66. The second-order valence-electron chi connectivity index (χ2n) is 4.81. The van der Waals surface area contributed by atoms with E-state index in [9.17, 15) is 0 Å². The molecule has 1 unspecified atom stereocenters. The molecule has 0 radical (unpaired) electrons. The Hall–Kier alpha value is -1.35. The highest BCUT2D eigenvalue weighted by Gasteiger charge is 2.09. The van der Waals surface area contributed by atoms with Gasteiger partial charge < -0.3 is 10.2 Å². The zero-order chi connectivity index (χ0) is 14.1. The fraction of sp³-hybridized carbons (Fsp3) is 0.562. The molecule has 106 valence electrons. The number of rotatable bonds is 9. The van der Waals surface area contributed by atoms with Crippen LogP contribution in [0.1, 0.15) is 44.8 Å². The molecule has 0 fully saturated rings. The molecular weight excluding hydrogens is 234 g/mol. The molecule has 1 heterocycles. The first-order valence-electron chi connectivity index (χ1n) is 7.24. The Morgan fingerprint density at radius 1 is 1.42 bits per heavy atom. The first-order valence-corrected chi connectivity index (χ1v) is 7.24. The molecule has 1 N–H and O–H groups in total. The third kappa shape index (κ3) is 5.03. The van der Waals surface area contributed by atoms with Gasteiger partial charge in [0.1, 0.15) is 0 Å². The minimum Gasteiger partial charge on any atom is -0.373 e. The maximum Gasteiger partial charge on any atom is 0.0574 e. The Labute approximate surface area is 117 Å². The Bertz CT molecular complexity index is 359. The zero-order valence-electron chi connectivity index (χ0n) is 12.5. The molecule has 1 aromatic rings. The van der Waals surface area contributed by atoms with Crippen molar-refractivity contribution in [2.24, 2.45) is 0 Å². The molecule has 1 rings (SSSR count). The second-order valence-corrected chi connectivity index (χ2v) is 4.81. The van der Waals surface area contributed by atoms with Crippen molar-refractivity contribution in [2.75, 3.05) is 25.0 Å². The van der Waals surface area contributed by atoms with Gasteiger partial charge in [-0.25, -0.2) is 0 Å². The van der Waals surface area contributed by atoms with Crippen LogP contribution in [-0.2, 0) is 0 Å². The third-order valence-electron chi connectivity index (χ3n) is 3.33. The standard InChI is InChI=1S/C16H27N3/c1-5-8-9-12-19(4)14-10-11-16(18-13-14)15(6-2)17-7-3/h5,10-11,13,15,17H,1,6-9,12H2,2-4H3. The molecule has 3 heteroatoms. The van der Waals surface area contributed by atoms with Gasteiger partial charge in [0, 0.05) is 19.6 Å². The van der Waals surface area contributed by atoms with Crippen LogP contribution in [0.15, 0.2) is 31.0 Å². The molecule has 0 aromatic carbocycles. The average molecular weight is 261 g/mol. The normalized spacial score (nSPS) is 12.2. The molecule has 0 aliphatic carbocycles. The van der Waals surface area contributed by atoms with Crippen LogP contribution in [0.25, 0.3) is 0 Å². The van der Waals surface area contributed by atoms with Crippen LogP contribution in [-0.4, -0.2) is 25.1 Å². The smallest absolute Gasteiger partial charge is 0.0574 e. The third-order valence-corrected chi connectivity index (χ3v) is 3.33. The highest BCUT2D eigenvalue weighted by molar-refractivity contribution is 5.43. The maximum atomic E-state index is 4.59. The van der Waals surface area contributed by atoms with Gasteiger partial charge in [0.2, 0.25) is 0 Å². The number of pyridine rings is 1. The van der Waals surface area contributed by atoms with E-state index in [1.165, 1.54) is 5.69 Å². The Kier molecular flexibility index (Phi) is 7.19. The van der Waals surface area contributed by atoms with Crippen LogP contribution in [0.3, 0.4) is 0 Å². The first-order chi connectivity index (χ1) is 9.22. The van der Waals surface area contributed by atoms with Crippen molar-refractivity contribution in [3.8, 4) is 0 Å². The second kappa shape index (κ2) is 8.70. The van der Waals surface area contributed by atoms with E-state index in [0.717, 1.165) is 38.0 Å². The van der Waals surface area contributed by atoms with E-state index in [4.69, 9.17) is 0 Å². The highest BCUT2D eigenvalue weighted by Crippen LogP contribution is 2.18. The Morgan fingerprint density at radius 2 is 2.21 bits per heavy atom. The molecule has 0 aliphatic heterocycles. The zero-order valence-corrected chi connectivity index (χ0v) is 12.5. The van der Waals surface area contributed by atoms with E-state index in [1.54, 1.807) is 0 Å².